The fourth-order valence-electron chi connectivity index (χ4n) is 2.83. The number of anilines is 2. The summed E-state index contributed by atoms with van der Waals surface area (Å²) in [6, 6.07) is 15.1. The Bertz CT molecular complexity index is 988. The zero-order chi connectivity index (χ0) is 18.8. The van der Waals surface area contributed by atoms with Gasteiger partial charge in [-0.2, -0.15) is 0 Å². The molecule has 1 aliphatic rings. The predicted octanol–water partition coefficient (Wildman–Crippen LogP) is 4.78. The molecule has 1 N–H and O–H groups in total. The maximum Gasteiger partial charge on any atom is 0.258 e. The highest BCUT2D eigenvalue weighted by molar-refractivity contribution is 8.00. The maximum atomic E-state index is 13.3. The molecular formula is C20H15FN2O2S2. The molecule has 0 atom stereocenters. The summed E-state index contributed by atoms with van der Waals surface area (Å²) < 4.78 is 13.3. The molecule has 3 aromatic rings. The fourth-order valence-corrected chi connectivity index (χ4v) is 4.31. The van der Waals surface area contributed by atoms with Crippen LogP contribution in [0.2, 0.25) is 0 Å². The van der Waals surface area contributed by atoms with E-state index in [1.807, 2.05) is 23.6 Å². The number of benzene rings is 2. The molecule has 4 nitrogen and oxygen atoms in total. The van der Waals surface area contributed by atoms with Gasteiger partial charge in [0.25, 0.3) is 5.91 Å². The Balaban J connectivity index is 1.68. The largest absolute Gasteiger partial charge is 0.324 e. The molecule has 0 fully saturated rings. The van der Waals surface area contributed by atoms with Crippen molar-refractivity contribution in [3.05, 3.63) is 76.2 Å². The lowest BCUT2D eigenvalue weighted by Gasteiger charge is -2.24. The monoisotopic (exact) mass is 398 g/mol. The van der Waals surface area contributed by atoms with Crippen molar-refractivity contribution in [3.63, 3.8) is 0 Å². The van der Waals surface area contributed by atoms with Gasteiger partial charge < -0.3 is 10.2 Å². The Morgan fingerprint density at radius 2 is 1.96 bits per heavy atom. The van der Waals surface area contributed by atoms with Crippen molar-refractivity contribution < 1.29 is 14.0 Å². The van der Waals surface area contributed by atoms with Crippen molar-refractivity contribution in [1.82, 2.24) is 0 Å². The van der Waals surface area contributed by atoms with E-state index in [1.54, 1.807) is 40.5 Å². The number of carbonyl (C=O) groups excluding carboxylic acids is 2. The van der Waals surface area contributed by atoms with Gasteiger partial charge in [0.2, 0.25) is 5.91 Å². The summed E-state index contributed by atoms with van der Waals surface area (Å²) in [4.78, 5) is 28.5. The SMILES string of the molecule is O=C1CSc2ccc(C(=O)N(Cc3cccs3)c3ccc(F)cc3)cc2N1. The van der Waals surface area contributed by atoms with Crippen molar-refractivity contribution in [1.29, 1.82) is 0 Å². The number of nitrogens with one attached hydrogen (secondary N) is 1. The number of halogens is 1. The van der Waals surface area contributed by atoms with Gasteiger partial charge in [0.15, 0.2) is 0 Å². The summed E-state index contributed by atoms with van der Waals surface area (Å²) in [5.74, 6) is -0.259. The smallest absolute Gasteiger partial charge is 0.258 e. The van der Waals surface area contributed by atoms with E-state index < -0.39 is 0 Å². The minimum atomic E-state index is -0.351. The summed E-state index contributed by atoms with van der Waals surface area (Å²) in [5.41, 5.74) is 1.74. The van der Waals surface area contributed by atoms with Crippen molar-refractivity contribution in [3.8, 4) is 0 Å². The van der Waals surface area contributed by atoms with E-state index in [1.165, 1.54) is 23.9 Å². The molecule has 0 spiro atoms. The van der Waals surface area contributed by atoms with Crippen LogP contribution in [0.5, 0.6) is 0 Å². The lowest BCUT2D eigenvalue weighted by molar-refractivity contribution is -0.113. The zero-order valence-corrected chi connectivity index (χ0v) is 15.8. The Morgan fingerprint density at radius 3 is 2.70 bits per heavy atom. The highest BCUT2D eigenvalue weighted by Gasteiger charge is 2.22. The maximum absolute atomic E-state index is 13.3. The highest BCUT2D eigenvalue weighted by Crippen LogP contribution is 2.33. The van der Waals surface area contributed by atoms with Crippen LogP contribution in [0.15, 0.2) is 64.9 Å². The average molecular weight is 398 g/mol. The van der Waals surface area contributed by atoms with Gasteiger partial charge in [0.1, 0.15) is 5.82 Å². The third-order valence-electron chi connectivity index (χ3n) is 4.14. The minimum Gasteiger partial charge on any atom is -0.324 e. The van der Waals surface area contributed by atoms with Crippen molar-refractivity contribution in [2.24, 2.45) is 0 Å². The summed E-state index contributed by atoms with van der Waals surface area (Å²) in [6.45, 7) is 0.389. The van der Waals surface area contributed by atoms with E-state index >= 15 is 0 Å². The second kappa shape index (κ2) is 7.54. The third kappa shape index (κ3) is 3.89. The molecule has 0 bridgehead atoms. The predicted molar refractivity (Wildman–Crippen MR) is 107 cm³/mol. The molecule has 0 radical (unpaired) electrons. The van der Waals surface area contributed by atoms with E-state index in [0.29, 0.717) is 29.2 Å². The number of rotatable bonds is 4. The minimum absolute atomic E-state index is 0.0777. The fraction of sp³-hybridized carbons (Fsp3) is 0.100. The van der Waals surface area contributed by atoms with E-state index in [4.69, 9.17) is 0 Å². The summed E-state index contributed by atoms with van der Waals surface area (Å²) in [5, 5.41) is 4.76. The molecule has 7 heteroatoms. The first kappa shape index (κ1) is 17.8. The lowest BCUT2D eigenvalue weighted by Crippen LogP contribution is -2.30. The van der Waals surface area contributed by atoms with Gasteiger partial charge in [0.05, 0.1) is 18.0 Å². The molecular weight excluding hydrogens is 383 g/mol. The van der Waals surface area contributed by atoms with Gasteiger partial charge in [-0.1, -0.05) is 6.07 Å². The molecule has 0 unspecified atom stereocenters. The number of hydrogen-bond donors (Lipinski definition) is 1. The van der Waals surface area contributed by atoms with Crippen LogP contribution < -0.4 is 10.2 Å². The van der Waals surface area contributed by atoms with Crippen molar-refractivity contribution in [2.75, 3.05) is 16.0 Å². The Morgan fingerprint density at radius 1 is 1.15 bits per heavy atom. The second-order valence-corrected chi connectivity index (χ2v) is 8.04. The molecule has 2 amide bonds. The van der Waals surface area contributed by atoms with E-state index in [9.17, 15) is 14.0 Å². The van der Waals surface area contributed by atoms with Crippen LogP contribution >= 0.6 is 23.1 Å². The average Bonchev–Trinajstić information content (AvgIpc) is 3.19. The Hall–Kier alpha value is -2.64. The Kier molecular flexibility index (Phi) is 4.96. The molecule has 1 aliphatic heterocycles. The first-order valence-electron chi connectivity index (χ1n) is 8.27. The van der Waals surface area contributed by atoms with Crippen LogP contribution in [-0.4, -0.2) is 17.6 Å². The van der Waals surface area contributed by atoms with Gasteiger partial charge in [0, 0.05) is 21.0 Å². The number of thioether (sulfide) groups is 1. The molecule has 4 rings (SSSR count). The highest BCUT2D eigenvalue weighted by atomic mass is 32.2. The van der Waals surface area contributed by atoms with E-state index in [-0.39, 0.29) is 17.6 Å². The molecule has 2 heterocycles. The van der Waals surface area contributed by atoms with Crippen LogP contribution in [0.1, 0.15) is 15.2 Å². The van der Waals surface area contributed by atoms with E-state index in [2.05, 4.69) is 5.32 Å². The standard InChI is InChI=1S/C20H15FN2O2S2/c21-14-4-6-15(7-5-14)23(11-16-2-1-9-26-16)20(25)13-3-8-18-17(10-13)22-19(24)12-27-18/h1-10H,11-12H2,(H,22,24). The third-order valence-corrected chi connectivity index (χ3v) is 6.07. The van der Waals surface area contributed by atoms with Gasteiger partial charge in [-0.25, -0.2) is 4.39 Å². The van der Waals surface area contributed by atoms with Crippen molar-refractivity contribution >= 4 is 46.3 Å². The molecule has 27 heavy (non-hydrogen) atoms. The van der Waals surface area contributed by atoms with Crippen LogP contribution in [0.3, 0.4) is 0 Å². The van der Waals surface area contributed by atoms with Crippen LogP contribution in [0, 0.1) is 5.82 Å². The second-order valence-electron chi connectivity index (χ2n) is 5.99. The molecule has 0 aliphatic carbocycles. The molecule has 1 aromatic heterocycles. The normalized spacial score (nSPS) is 13.0. The summed E-state index contributed by atoms with van der Waals surface area (Å²) >= 11 is 3.01. The lowest BCUT2D eigenvalue weighted by atomic mass is 10.1. The number of amides is 2. The van der Waals surface area contributed by atoms with Crippen LogP contribution in [0.25, 0.3) is 0 Å². The zero-order valence-electron chi connectivity index (χ0n) is 14.1. The Labute approximate surface area is 164 Å². The number of thiophene rings is 1. The number of fused-ring (bicyclic) bond motifs is 1. The first-order valence-corrected chi connectivity index (χ1v) is 10.1. The summed E-state index contributed by atoms with van der Waals surface area (Å²) in [6.07, 6.45) is 0. The van der Waals surface area contributed by atoms with Crippen LogP contribution in [-0.2, 0) is 11.3 Å². The molecule has 0 saturated carbocycles. The number of hydrogen-bond acceptors (Lipinski definition) is 4. The number of nitrogens with zero attached hydrogens (tertiary/aromatic N) is 1. The van der Waals surface area contributed by atoms with E-state index in [0.717, 1.165) is 9.77 Å². The van der Waals surface area contributed by atoms with Gasteiger partial charge in [-0.15, -0.1) is 23.1 Å². The molecule has 136 valence electrons. The topological polar surface area (TPSA) is 49.4 Å². The first-order chi connectivity index (χ1) is 13.1. The quantitative estimate of drug-likeness (QED) is 0.688. The molecule has 0 saturated heterocycles. The summed E-state index contributed by atoms with van der Waals surface area (Å²) in [7, 11) is 0. The molecule has 2 aromatic carbocycles. The number of carbonyl (C=O) groups is 2. The van der Waals surface area contributed by atoms with Gasteiger partial charge >= 0.3 is 0 Å². The van der Waals surface area contributed by atoms with Gasteiger partial charge in [-0.3, -0.25) is 9.59 Å². The van der Waals surface area contributed by atoms with Crippen LogP contribution in [0.4, 0.5) is 15.8 Å². The van der Waals surface area contributed by atoms with Gasteiger partial charge in [-0.05, 0) is 53.9 Å². The van der Waals surface area contributed by atoms with Crippen molar-refractivity contribution in [2.45, 2.75) is 11.4 Å².